The van der Waals surface area contributed by atoms with Gasteiger partial charge in [0.25, 0.3) is 0 Å². The Kier molecular flexibility index (Phi) is 54.6. The Bertz CT molecular complexity index is 875. The summed E-state index contributed by atoms with van der Waals surface area (Å²) in [6.45, 7) is 5.30. The van der Waals surface area contributed by atoms with E-state index in [-0.39, 0.29) is 138 Å². The number of allylic oxidation sites excluding steroid dienone is 4. The Labute approximate surface area is 402 Å². The summed E-state index contributed by atoms with van der Waals surface area (Å²) in [5.74, 6) is -0.741. The van der Waals surface area contributed by atoms with E-state index in [4.69, 9.17) is 9.47 Å². The van der Waals surface area contributed by atoms with E-state index in [1.165, 1.54) is 89.9 Å². The highest BCUT2D eigenvalue weighted by atomic mass is 127. The number of halogens is 2. The van der Waals surface area contributed by atoms with Crippen molar-refractivity contribution >= 4 is 11.9 Å². The fourth-order valence-corrected chi connectivity index (χ4v) is 7.26. The summed E-state index contributed by atoms with van der Waals surface area (Å²) in [7, 11) is 0. The van der Waals surface area contributed by atoms with Gasteiger partial charge in [-0.25, -0.2) is 0 Å². The van der Waals surface area contributed by atoms with E-state index in [0.29, 0.717) is 12.8 Å². The number of ether oxygens (including phenoxy) is 2. The standard InChI is InChI=1S/C48H92N2O8.2HI/c1-3-5-7-9-11-13-15-17-19-21-23-25-27-29-31-33-47(55)57-45(43-49(35-39-51)36-40-52)46(44-50(37-41-53)38-42-54)58-48(56)34-32-30-28-26-24-22-20-18-16-14-12-10-8-6-4-2;;/h17-20,45-46,51-54H,3-16,21-44H2,1-2H3;2*1H/p-2/b19-17+,20-18+;;. The van der Waals surface area contributed by atoms with Crippen molar-refractivity contribution in [2.24, 2.45) is 0 Å². The molecule has 0 aromatic carbocycles. The number of carbonyl (C=O) groups is 2. The van der Waals surface area contributed by atoms with Crippen molar-refractivity contribution in [3.8, 4) is 0 Å². The van der Waals surface area contributed by atoms with Gasteiger partial charge in [-0.15, -0.1) is 0 Å². The van der Waals surface area contributed by atoms with Gasteiger partial charge in [-0.2, -0.15) is 0 Å². The van der Waals surface area contributed by atoms with E-state index in [2.05, 4.69) is 38.2 Å². The van der Waals surface area contributed by atoms with Crippen LogP contribution in [-0.2, 0) is 19.1 Å². The van der Waals surface area contributed by atoms with Crippen LogP contribution in [-0.4, -0.2) is 120 Å². The van der Waals surface area contributed by atoms with E-state index in [0.717, 1.165) is 64.2 Å². The molecule has 2 atom stereocenters. The van der Waals surface area contributed by atoms with Gasteiger partial charge >= 0.3 is 11.9 Å². The predicted molar refractivity (Wildman–Crippen MR) is 240 cm³/mol. The number of aliphatic hydroxyl groups excluding tert-OH is 4. The molecule has 0 rings (SSSR count). The molecule has 0 saturated carbocycles. The molecule has 4 N–H and O–H groups in total. The summed E-state index contributed by atoms with van der Waals surface area (Å²) in [4.78, 5) is 30.1. The van der Waals surface area contributed by atoms with Gasteiger partial charge in [0.2, 0.25) is 0 Å². The van der Waals surface area contributed by atoms with Crippen molar-refractivity contribution in [3.05, 3.63) is 24.3 Å². The van der Waals surface area contributed by atoms with Gasteiger partial charge in [0.15, 0.2) is 12.2 Å². The highest BCUT2D eigenvalue weighted by Crippen LogP contribution is 2.17. The summed E-state index contributed by atoms with van der Waals surface area (Å²) >= 11 is 0. The summed E-state index contributed by atoms with van der Waals surface area (Å²) in [5, 5.41) is 38.8. The molecule has 60 heavy (non-hydrogen) atoms. The Morgan fingerprint density at radius 1 is 0.417 bits per heavy atom. The van der Waals surface area contributed by atoms with Gasteiger partial charge < -0.3 is 77.9 Å². The lowest BCUT2D eigenvalue weighted by molar-refractivity contribution is -0.171. The number of hydrogen-bond donors (Lipinski definition) is 4. The van der Waals surface area contributed by atoms with Gasteiger partial charge in [-0.05, 0) is 64.2 Å². The number of unbranched alkanes of at least 4 members (excludes halogenated alkanes) is 22. The highest BCUT2D eigenvalue weighted by Gasteiger charge is 2.32. The van der Waals surface area contributed by atoms with Crippen molar-refractivity contribution < 1.29 is 87.4 Å². The number of rotatable bonds is 45. The Morgan fingerprint density at radius 3 is 0.933 bits per heavy atom. The van der Waals surface area contributed by atoms with Crippen LogP contribution in [0.25, 0.3) is 0 Å². The van der Waals surface area contributed by atoms with Gasteiger partial charge in [-0.1, -0.05) is 141 Å². The molecular weight excluding hydrogens is 986 g/mol. The molecular formula is C48H92I2N2O8-2. The third-order valence-electron chi connectivity index (χ3n) is 10.8. The van der Waals surface area contributed by atoms with Crippen LogP contribution in [0, 0.1) is 0 Å². The predicted octanol–water partition coefficient (Wildman–Crippen LogP) is 3.47. The second kappa shape index (κ2) is 51.3. The zero-order chi connectivity index (χ0) is 42.6. The number of hydrogen-bond acceptors (Lipinski definition) is 10. The van der Waals surface area contributed by atoms with Crippen molar-refractivity contribution in [1.82, 2.24) is 9.80 Å². The van der Waals surface area contributed by atoms with Crippen LogP contribution in [0.5, 0.6) is 0 Å². The molecule has 0 fully saturated rings. The number of carbonyl (C=O) groups excluding carboxylic acids is 2. The minimum atomic E-state index is -0.855. The van der Waals surface area contributed by atoms with E-state index >= 15 is 0 Å². The first-order valence-electron chi connectivity index (χ1n) is 24.0. The van der Waals surface area contributed by atoms with E-state index in [1.807, 2.05) is 0 Å². The fourth-order valence-electron chi connectivity index (χ4n) is 7.26. The molecule has 358 valence electrons. The maximum Gasteiger partial charge on any atom is 0.306 e. The lowest BCUT2D eigenvalue weighted by Crippen LogP contribution is -3.00. The molecule has 0 aromatic heterocycles. The Balaban J connectivity index is -0.0000162. The highest BCUT2D eigenvalue weighted by molar-refractivity contribution is 5.70. The molecule has 0 radical (unpaired) electrons. The Hall–Kier alpha value is -0.360. The van der Waals surface area contributed by atoms with Crippen LogP contribution in [0.3, 0.4) is 0 Å². The molecule has 2 unspecified atom stereocenters. The first-order chi connectivity index (χ1) is 28.4. The van der Waals surface area contributed by atoms with Gasteiger partial charge in [0, 0.05) is 52.1 Å². The summed E-state index contributed by atoms with van der Waals surface area (Å²) < 4.78 is 12.1. The molecule has 0 aliphatic heterocycles. The summed E-state index contributed by atoms with van der Waals surface area (Å²) in [6, 6.07) is 0. The maximum atomic E-state index is 13.3. The number of aliphatic hydroxyl groups is 4. The number of esters is 2. The normalized spacial score (nSPS) is 12.6. The average molecular weight is 1080 g/mol. The molecule has 10 nitrogen and oxygen atoms in total. The van der Waals surface area contributed by atoms with Crippen LogP contribution in [0.1, 0.15) is 194 Å². The topological polar surface area (TPSA) is 140 Å². The molecule has 0 spiro atoms. The van der Waals surface area contributed by atoms with Gasteiger partial charge in [0.05, 0.1) is 26.4 Å². The average Bonchev–Trinajstić information content (AvgIpc) is 3.20. The first kappa shape index (κ1) is 63.9. The first-order valence-corrected chi connectivity index (χ1v) is 24.0. The van der Waals surface area contributed by atoms with Crippen LogP contribution < -0.4 is 48.0 Å². The molecule has 0 aliphatic carbocycles. The van der Waals surface area contributed by atoms with E-state index in [1.54, 1.807) is 9.80 Å². The molecule has 0 saturated heterocycles. The molecule has 0 heterocycles. The van der Waals surface area contributed by atoms with Gasteiger partial charge in [-0.3, -0.25) is 19.4 Å². The minimum absolute atomic E-state index is 0. The van der Waals surface area contributed by atoms with Gasteiger partial charge in [0.1, 0.15) is 0 Å². The SMILES string of the molecule is CCCCCCCC/C=C/CCCCCCCC(=O)OC(CN(CCO)CCO)C(CN(CCO)CCO)OC(=O)CCCCCCC/C=C/CCCCCCCC.[I-].[I-]. The third kappa shape index (κ3) is 42.9. The second-order valence-electron chi connectivity index (χ2n) is 16.2. The Morgan fingerprint density at radius 2 is 0.667 bits per heavy atom. The van der Waals surface area contributed by atoms with Crippen LogP contribution >= 0.6 is 0 Å². The molecule has 0 aromatic rings. The summed E-state index contributed by atoms with van der Waals surface area (Å²) in [6.07, 6.45) is 38.4. The van der Waals surface area contributed by atoms with Crippen LogP contribution in [0.2, 0.25) is 0 Å². The second-order valence-corrected chi connectivity index (χ2v) is 16.2. The van der Waals surface area contributed by atoms with E-state index in [9.17, 15) is 30.0 Å². The van der Waals surface area contributed by atoms with Crippen LogP contribution in [0.15, 0.2) is 24.3 Å². The lowest BCUT2D eigenvalue weighted by Gasteiger charge is -2.34. The van der Waals surface area contributed by atoms with Crippen LogP contribution in [0.4, 0.5) is 0 Å². The quantitative estimate of drug-likeness (QED) is 0.0311. The van der Waals surface area contributed by atoms with E-state index < -0.39 is 12.2 Å². The molecule has 12 heteroatoms. The fraction of sp³-hybridized carbons (Fsp3) is 0.875. The van der Waals surface area contributed by atoms with Crippen molar-refractivity contribution in [2.45, 2.75) is 206 Å². The third-order valence-corrected chi connectivity index (χ3v) is 10.8. The minimum Gasteiger partial charge on any atom is -1.00 e. The van der Waals surface area contributed by atoms with Crippen molar-refractivity contribution in [3.63, 3.8) is 0 Å². The zero-order valence-corrected chi connectivity index (χ0v) is 42.7. The maximum absolute atomic E-state index is 13.3. The van der Waals surface area contributed by atoms with Crippen molar-refractivity contribution in [2.75, 3.05) is 65.7 Å². The lowest BCUT2D eigenvalue weighted by atomic mass is 10.1. The largest absolute Gasteiger partial charge is 1.00 e. The van der Waals surface area contributed by atoms with Crippen molar-refractivity contribution in [1.29, 1.82) is 0 Å². The zero-order valence-electron chi connectivity index (χ0n) is 38.4. The molecule has 0 bridgehead atoms. The summed E-state index contributed by atoms with van der Waals surface area (Å²) in [5.41, 5.74) is 0. The molecule has 0 amide bonds. The monoisotopic (exact) mass is 1080 g/mol. The smallest absolute Gasteiger partial charge is 0.306 e. The number of nitrogens with zero attached hydrogens (tertiary/aromatic N) is 2. The molecule has 0 aliphatic rings.